The molecule has 0 saturated heterocycles. The average molecular weight is 236 g/mol. The third-order valence-electron chi connectivity index (χ3n) is 2.90. The minimum absolute atomic E-state index is 0.854. The largest absolute Gasteiger partial charge is 0.497 e. The molecule has 0 aromatic heterocycles. The molecule has 0 aliphatic rings. The fourth-order valence-electron chi connectivity index (χ4n) is 1.82. The first-order valence-corrected chi connectivity index (χ1v) is 5.93. The van der Waals surface area contributed by atoms with Gasteiger partial charge in [-0.2, -0.15) is 0 Å². The normalized spacial score (nSPS) is 9.50. The van der Waals surface area contributed by atoms with Gasteiger partial charge in [0, 0.05) is 11.1 Å². The summed E-state index contributed by atoms with van der Waals surface area (Å²) in [5, 5.41) is 0. The summed E-state index contributed by atoms with van der Waals surface area (Å²) in [6.45, 7) is 4.18. The van der Waals surface area contributed by atoms with Crippen LogP contribution < -0.4 is 4.74 Å². The van der Waals surface area contributed by atoms with Crippen molar-refractivity contribution in [1.29, 1.82) is 0 Å². The Balaban J connectivity index is 2.31. The standard InChI is InChI=1S/C17H16O/c1-13-5-4-6-14(2)17(13)12-9-15-7-10-16(18-3)11-8-15/h4-8,10-11H,1-3H3. The first kappa shape index (κ1) is 12.3. The van der Waals surface area contributed by atoms with Gasteiger partial charge in [0.1, 0.15) is 5.75 Å². The molecule has 2 aromatic carbocycles. The van der Waals surface area contributed by atoms with E-state index in [4.69, 9.17) is 4.74 Å². The first-order chi connectivity index (χ1) is 8.70. The maximum atomic E-state index is 5.12. The van der Waals surface area contributed by atoms with Crippen molar-refractivity contribution < 1.29 is 4.74 Å². The van der Waals surface area contributed by atoms with Crippen LogP contribution in [0.15, 0.2) is 42.5 Å². The Morgan fingerprint density at radius 1 is 0.833 bits per heavy atom. The van der Waals surface area contributed by atoms with Gasteiger partial charge in [-0.3, -0.25) is 0 Å². The lowest BCUT2D eigenvalue weighted by molar-refractivity contribution is 0.415. The lowest BCUT2D eigenvalue weighted by Crippen LogP contribution is -1.87. The molecule has 1 heteroatoms. The average Bonchev–Trinajstić information content (AvgIpc) is 2.39. The van der Waals surface area contributed by atoms with E-state index in [1.807, 2.05) is 24.3 Å². The summed E-state index contributed by atoms with van der Waals surface area (Å²) in [6, 6.07) is 14.0. The highest BCUT2D eigenvalue weighted by atomic mass is 16.5. The van der Waals surface area contributed by atoms with E-state index in [1.54, 1.807) is 7.11 Å². The van der Waals surface area contributed by atoms with Gasteiger partial charge < -0.3 is 4.74 Å². The summed E-state index contributed by atoms with van der Waals surface area (Å²) in [6.07, 6.45) is 0. The second-order valence-corrected chi connectivity index (χ2v) is 4.25. The molecule has 2 rings (SSSR count). The highest BCUT2D eigenvalue weighted by Crippen LogP contribution is 2.13. The minimum Gasteiger partial charge on any atom is -0.497 e. The lowest BCUT2D eigenvalue weighted by atomic mass is 10.0. The Kier molecular flexibility index (Phi) is 3.69. The molecular formula is C17H16O. The molecule has 18 heavy (non-hydrogen) atoms. The van der Waals surface area contributed by atoms with Crippen LogP contribution >= 0.6 is 0 Å². The highest BCUT2D eigenvalue weighted by Gasteiger charge is 1.97. The topological polar surface area (TPSA) is 9.23 Å². The molecule has 0 amide bonds. The van der Waals surface area contributed by atoms with Crippen molar-refractivity contribution in [1.82, 2.24) is 0 Å². The van der Waals surface area contributed by atoms with Gasteiger partial charge >= 0.3 is 0 Å². The molecule has 0 aliphatic carbocycles. The van der Waals surface area contributed by atoms with Gasteiger partial charge in [-0.1, -0.05) is 30.0 Å². The van der Waals surface area contributed by atoms with Gasteiger partial charge in [0.25, 0.3) is 0 Å². The van der Waals surface area contributed by atoms with Gasteiger partial charge in [-0.05, 0) is 49.2 Å². The van der Waals surface area contributed by atoms with Crippen molar-refractivity contribution in [2.45, 2.75) is 13.8 Å². The molecule has 0 bridgehead atoms. The summed E-state index contributed by atoms with van der Waals surface area (Å²) in [4.78, 5) is 0. The zero-order valence-electron chi connectivity index (χ0n) is 10.9. The number of hydrogen-bond donors (Lipinski definition) is 0. The minimum atomic E-state index is 0.854. The quantitative estimate of drug-likeness (QED) is 0.686. The van der Waals surface area contributed by atoms with Crippen LogP contribution in [0.5, 0.6) is 5.75 Å². The number of ether oxygens (including phenoxy) is 1. The summed E-state index contributed by atoms with van der Waals surface area (Å²) in [7, 11) is 1.66. The van der Waals surface area contributed by atoms with E-state index in [2.05, 4.69) is 43.9 Å². The van der Waals surface area contributed by atoms with Gasteiger partial charge in [0.15, 0.2) is 0 Å². The van der Waals surface area contributed by atoms with Crippen molar-refractivity contribution in [3.05, 3.63) is 64.7 Å². The van der Waals surface area contributed by atoms with Crippen LogP contribution in [-0.4, -0.2) is 7.11 Å². The van der Waals surface area contributed by atoms with Gasteiger partial charge in [-0.15, -0.1) is 0 Å². The SMILES string of the molecule is COc1ccc(C#Cc2c(C)cccc2C)cc1. The van der Waals surface area contributed by atoms with Gasteiger partial charge in [0.05, 0.1) is 7.11 Å². The number of rotatable bonds is 1. The Morgan fingerprint density at radius 3 is 2.00 bits per heavy atom. The van der Waals surface area contributed by atoms with Crippen LogP contribution in [0.2, 0.25) is 0 Å². The maximum Gasteiger partial charge on any atom is 0.118 e. The first-order valence-electron chi connectivity index (χ1n) is 5.93. The zero-order valence-corrected chi connectivity index (χ0v) is 10.9. The summed E-state index contributed by atoms with van der Waals surface area (Å²) >= 11 is 0. The summed E-state index contributed by atoms with van der Waals surface area (Å²) in [5.41, 5.74) is 4.55. The smallest absolute Gasteiger partial charge is 0.118 e. The lowest BCUT2D eigenvalue weighted by Gasteiger charge is -2.01. The van der Waals surface area contributed by atoms with E-state index in [1.165, 1.54) is 11.1 Å². The molecule has 0 aliphatic heterocycles. The predicted octanol–water partition coefficient (Wildman–Crippen LogP) is 3.71. The van der Waals surface area contributed by atoms with Crippen LogP contribution in [0.4, 0.5) is 0 Å². The molecule has 0 unspecified atom stereocenters. The molecule has 0 atom stereocenters. The summed E-state index contributed by atoms with van der Waals surface area (Å²) in [5.74, 6) is 7.29. The molecule has 0 fully saturated rings. The van der Waals surface area contributed by atoms with Crippen LogP contribution in [0.3, 0.4) is 0 Å². The monoisotopic (exact) mass is 236 g/mol. The van der Waals surface area contributed by atoms with E-state index < -0.39 is 0 Å². The fourth-order valence-corrected chi connectivity index (χ4v) is 1.82. The molecule has 0 heterocycles. The molecule has 0 saturated carbocycles. The second kappa shape index (κ2) is 5.42. The fraction of sp³-hybridized carbons (Fsp3) is 0.176. The summed E-state index contributed by atoms with van der Waals surface area (Å²) < 4.78 is 5.12. The Bertz CT molecular complexity index is 577. The van der Waals surface area contributed by atoms with Crippen LogP contribution in [0.1, 0.15) is 22.3 Å². The van der Waals surface area contributed by atoms with Crippen molar-refractivity contribution >= 4 is 0 Å². The predicted molar refractivity (Wildman–Crippen MR) is 74.9 cm³/mol. The van der Waals surface area contributed by atoms with Crippen molar-refractivity contribution in [2.24, 2.45) is 0 Å². The second-order valence-electron chi connectivity index (χ2n) is 4.25. The number of hydrogen-bond acceptors (Lipinski definition) is 1. The van der Waals surface area contributed by atoms with Gasteiger partial charge in [0.2, 0.25) is 0 Å². The van der Waals surface area contributed by atoms with Crippen molar-refractivity contribution in [3.63, 3.8) is 0 Å². The molecular weight excluding hydrogens is 220 g/mol. The molecule has 0 radical (unpaired) electrons. The van der Waals surface area contributed by atoms with E-state index >= 15 is 0 Å². The van der Waals surface area contributed by atoms with Gasteiger partial charge in [-0.25, -0.2) is 0 Å². The van der Waals surface area contributed by atoms with E-state index in [0.717, 1.165) is 16.9 Å². The molecule has 0 N–H and O–H groups in total. The molecule has 90 valence electrons. The van der Waals surface area contributed by atoms with E-state index in [9.17, 15) is 0 Å². The maximum absolute atomic E-state index is 5.12. The Hall–Kier alpha value is -2.20. The number of methoxy groups -OCH3 is 1. The van der Waals surface area contributed by atoms with E-state index in [0.29, 0.717) is 0 Å². The van der Waals surface area contributed by atoms with Crippen LogP contribution in [-0.2, 0) is 0 Å². The molecule has 1 nitrogen and oxygen atoms in total. The number of benzene rings is 2. The third kappa shape index (κ3) is 2.73. The van der Waals surface area contributed by atoms with Crippen LogP contribution in [0, 0.1) is 25.7 Å². The van der Waals surface area contributed by atoms with E-state index in [-0.39, 0.29) is 0 Å². The van der Waals surface area contributed by atoms with Crippen molar-refractivity contribution in [2.75, 3.05) is 7.11 Å². The zero-order chi connectivity index (χ0) is 13.0. The Labute approximate surface area is 108 Å². The molecule has 2 aromatic rings. The van der Waals surface area contributed by atoms with Crippen LogP contribution in [0.25, 0.3) is 0 Å². The molecule has 0 spiro atoms. The number of aryl methyl sites for hydroxylation is 2. The third-order valence-corrected chi connectivity index (χ3v) is 2.90. The highest BCUT2D eigenvalue weighted by molar-refractivity contribution is 5.50. The van der Waals surface area contributed by atoms with Crippen molar-refractivity contribution in [3.8, 4) is 17.6 Å². The Morgan fingerprint density at radius 2 is 1.44 bits per heavy atom.